The monoisotopic (exact) mass is 360 g/mol. The van der Waals surface area contributed by atoms with Gasteiger partial charge in [0.1, 0.15) is 0 Å². The smallest absolute Gasteiger partial charge is 0.239 e. The maximum atomic E-state index is 12.7. The lowest BCUT2D eigenvalue weighted by Gasteiger charge is -2.38. The molecule has 3 heterocycles. The van der Waals surface area contributed by atoms with Crippen molar-refractivity contribution in [3.8, 4) is 0 Å². The number of ether oxygens (including phenoxy) is 2. The van der Waals surface area contributed by atoms with Gasteiger partial charge in [0.05, 0.1) is 30.8 Å². The minimum atomic E-state index is -2.98. The number of hydrogen-bond donors (Lipinski definition) is 0. The molecule has 0 saturated carbocycles. The fourth-order valence-electron chi connectivity index (χ4n) is 3.94. The Hall–Kier alpha value is -0.700. The summed E-state index contributed by atoms with van der Waals surface area (Å²) in [6.45, 7) is 4.96. The van der Waals surface area contributed by atoms with E-state index in [0.29, 0.717) is 25.6 Å². The van der Waals surface area contributed by atoms with Crippen LogP contribution in [0.1, 0.15) is 26.2 Å². The molecule has 0 aromatic heterocycles. The van der Waals surface area contributed by atoms with E-state index in [0.717, 1.165) is 25.9 Å². The van der Waals surface area contributed by atoms with E-state index in [9.17, 15) is 13.2 Å². The zero-order chi connectivity index (χ0) is 17.3. The van der Waals surface area contributed by atoms with E-state index in [-0.39, 0.29) is 35.8 Å². The van der Waals surface area contributed by atoms with Crippen LogP contribution in [0.4, 0.5) is 0 Å². The van der Waals surface area contributed by atoms with Crippen molar-refractivity contribution in [2.24, 2.45) is 5.92 Å². The number of nitrogens with zero attached hydrogens (tertiary/aromatic N) is 2. The Balaban J connectivity index is 1.51. The molecule has 1 amide bonds. The standard InChI is InChI=1S/C16H28N2O5S/c1-12(15(19)17(2)14-5-10-24(20,21)11-14)18-6-3-13(4-7-18)16-22-8-9-23-16/h12-14,16H,3-11H2,1-2H3. The zero-order valence-corrected chi connectivity index (χ0v) is 15.3. The second kappa shape index (κ2) is 7.27. The van der Waals surface area contributed by atoms with Crippen LogP contribution in [0.2, 0.25) is 0 Å². The fraction of sp³-hybridized carbons (Fsp3) is 0.938. The van der Waals surface area contributed by atoms with Crippen LogP contribution in [0.15, 0.2) is 0 Å². The molecule has 138 valence electrons. The molecule has 0 N–H and O–H groups in total. The summed E-state index contributed by atoms with van der Waals surface area (Å²) < 4.78 is 34.4. The summed E-state index contributed by atoms with van der Waals surface area (Å²) >= 11 is 0. The number of likely N-dealkylation sites (N-methyl/N-ethyl adjacent to an activating group) is 1. The third kappa shape index (κ3) is 3.92. The van der Waals surface area contributed by atoms with Crippen LogP contribution >= 0.6 is 0 Å². The van der Waals surface area contributed by atoms with E-state index in [1.807, 2.05) is 6.92 Å². The molecule has 3 aliphatic heterocycles. The number of rotatable bonds is 4. The molecular weight excluding hydrogens is 332 g/mol. The molecule has 0 aromatic carbocycles. The molecule has 3 saturated heterocycles. The van der Waals surface area contributed by atoms with Crippen LogP contribution in [0.5, 0.6) is 0 Å². The predicted molar refractivity (Wildman–Crippen MR) is 89.3 cm³/mol. The van der Waals surface area contributed by atoms with Crippen LogP contribution in [0.3, 0.4) is 0 Å². The summed E-state index contributed by atoms with van der Waals surface area (Å²) in [5, 5.41) is 0. The van der Waals surface area contributed by atoms with Gasteiger partial charge >= 0.3 is 0 Å². The van der Waals surface area contributed by atoms with Crippen LogP contribution in [0, 0.1) is 5.92 Å². The Labute approximate surface area is 144 Å². The van der Waals surface area contributed by atoms with Crippen LogP contribution in [-0.2, 0) is 24.1 Å². The molecule has 24 heavy (non-hydrogen) atoms. The minimum absolute atomic E-state index is 0.0175. The van der Waals surface area contributed by atoms with Gasteiger partial charge in [-0.1, -0.05) is 0 Å². The van der Waals surface area contributed by atoms with Crippen LogP contribution in [0.25, 0.3) is 0 Å². The van der Waals surface area contributed by atoms with Gasteiger partial charge in [0.15, 0.2) is 16.1 Å². The van der Waals surface area contributed by atoms with Gasteiger partial charge in [-0.05, 0) is 39.3 Å². The van der Waals surface area contributed by atoms with Crippen molar-refractivity contribution in [1.29, 1.82) is 0 Å². The average molecular weight is 360 g/mol. The van der Waals surface area contributed by atoms with Gasteiger partial charge < -0.3 is 14.4 Å². The normalized spacial score (nSPS) is 30.5. The average Bonchev–Trinajstić information content (AvgIpc) is 3.22. The molecule has 3 fully saturated rings. The van der Waals surface area contributed by atoms with Crippen LogP contribution < -0.4 is 0 Å². The summed E-state index contributed by atoms with van der Waals surface area (Å²) in [6.07, 6.45) is 2.40. The van der Waals surface area contributed by atoms with E-state index >= 15 is 0 Å². The quantitative estimate of drug-likeness (QED) is 0.708. The number of carbonyl (C=O) groups excluding carboxylic acids is 1. The lowest BCUT2D eigenvalue weighted by molar-refractivity contribution is -0.138. The molecule has 0 radical (unpaired) electrons. The van der Waals surface area contributed by atoms with Gasteiger partial charge in [-0.2, -0.15) is 0 Å². The highest BCUT2D eigenvalue weighted by Crippen LogP contribution is 2.27. The summed E-state index contributed by atoms with van der Waals surface area (Å²) in [7, 11) is -1.24. The van der Waals surface area contributed by atoms with E-state index < -0.39 is 9.84 Å². The molecule has 0 bridgehead atoms. The van der Waals surface area contributed by atoms with Gasteiger partial charge in [-0.15, -0.1) is 0 Å². The molecule has 2 unspecified atom stereocenters. The zero-order valence-electron chi connectivity index (χ0n) is 14.5. The number of hydrogen-bond acceptors (Lipinski definition) is 6. The van der Waals surface area contributed by atoms with Crippen molar-refractivity contribution in [1.82, 2.24) is 9.80 Å². The minimum Gasteiger partial charge on any atom is -0.350 e. The highest BCUT2D eigenvalue weighted by atomic mass is 32.2. The number of carbonyl (C=O) groups is 1. The van der Waals surface area contributed by atoms with Crippen molar-refractivity contribution in [2.75, 3.05) is 44.9 Å². The van der Waals surface area contributed by atoms with Gasteiger partial charge in [0.25, 0.3) is 0 Å². The molecule has 2 atom stereocenters. The van der Waals surface area contributed by atoms with Crippen LogP contribution in [-0.4, -0.2) is 87.4 Å². The third-order valence-corrected chi connectivity index (χ3v) is 7.37. The number of likely N-dealkylation sites (tertiary alicyclic amines) is 1. The third-order valence-electron chi connectivity index (χ3n) is 5.62. The summed E-state index contributed by atoms with van der Waals surface area (Å²) in [5.74, 6) is 0.712. The molecule has 3 aliphatic rings. The van der Waals surface area contributed by atoms with Gasteiger partial charge in [0, 0.05) is 19.0 Å². The predicted octanol–water partition coefficient (Wildman–Crippen LogP) is 0.105. The molecular formula is C16H28N2O5S. The SMILES string of the molecule is CC(C(=O)N(C)C1CCS(=O)(=O)C1)N1CCC(C2OCCO2)CC1. The molecule has 0 spiro atoms. The fourth-order valence-corrected chi connectivity index (χ4v) is 5.71. The molecule has 0 aliphatic carbocycles. The maximum absolute atomic E-state index is 12.7. The summed E-state index contributed by atoms with van der Waals surface area (Å²) in [6, 6.07) is -0.396. The largest absolute Gasteiger partial charge is 0.350 e. The second-order valence-electron chi connectivity index (χ2n) is 7.17. The van der Waals surface area contributed by atoms with Gasteiger partial charge in [-0.3, -0.25) is 9.69 Å². The molecule has 7 nitrogen and oxygen atoms in total. The topological polar surface area (TPSA) is 76.2 Å². The molecule has 8 heteroatoms. The molecule has 0 aromatic rings. The maximum Gasteiger partial charge on any atom is 0.239 e. The Kier molecular flexibility index (Phi) is 5.48. The Bertz CT molecular complexity index is 553. The first-order valence-electron chi connectivity index (χ1n) is 8.82. The highest BCUT2D eigenvalue weighted by Gasteiger charge is 2.37. The Morgan fingerprint density at radius 1 is 1.17 bits per heavy atom. The highest BCUT2D eigenvalue weighted by molar-refractivity contribution is 7.91. The van der Waals surface area contributed by atoms with Crippen molar-refractivity contribution >= 4 is 15.7 Å². The van der Waals surface area contributed by atoms with E-state index in [4.69, 9.17) is 9.47 Å². The first-order chi connectivity index (χ1) is 11.4. The lowest BCUT2D eigenvalue weighted by atomic mass is 9.95. The first-order valence-corrected chi connectivity index (χ1v) is 10.6. The van der Waals surface area contributed by atoms with Gasteiger partial charge in [-0.25, -0.2) is 8.42 Å². The molecule has 3 rings (SSSR count). The van der Waals surface area contributed by atoms with Crippen molar-refractivity contribution < 1.29 is 22.7 Å². The Morgan fingerprint density at radius 2 is 1.79 bits per heavy atom. The van der Waals surface area contributed by atoms with E-state index in [2.05, 4.69) is 4.90 Å². The van der Waals surface area contributed by atoms with Crippen molar-refractivity contribution in [3.05, 3.63) is 0 Å². The van der Waals surface area contributed by atoms with Crippen molar-refractivity contribution in [3.63, 3.8) is 0 Å². The van der Waals surface area contributed by atoms with Gasteiger partial charge in [0.2, 0.25) is 5.91 Å². The first kappa shape index (κ1) is 18.1. The summed E-state index contributed by atoms with van der Waals surface area (Å²) in [5.41, 5.74) is 0. The van der Waals surface area contributed by atoms with E-state index in [1.54, 1.807) is 11.9 Å². The van der Waals surface area contributed by atoms with Crippen molar-refractivity contribution in [2.45, 2.75) is 44.6 Å². The lowest BCUT2D eigenvalue weighted by Crippen LogP contribution is -2.52. The number of sulfone groups is 1. The Morgan fingerprint density at radius 3 is 2.33 bits per heavy atom. The number of piperidine rings is 1. The second-order valence-corrected chi connectivity index (χ2v) is 9.39. The number of amides is 1. The van der Waals surface area contributed by atoms with E-state index in [1.165, 1.54) is 0 Å². The summed E-state index contributed by atoms with van der Waals surface area (Å²) in [4.78, 5) is 16.5.